The summed E-state index contributed by atoms with van der Waals surface area (Å²) in [6.07, 6.45) is 4.17. The number of furan rings is 1. The van der Waals surface area contributed by atoms with Gasteiger partial charge in [-0.05, 0) is 31.2 Å². The molecule has 0 bridgehead atoms. The van der Waals surface area contributed by atoms with Crippen molar-refractivity contribution in [2.75, 3.05) is 0 Å². The third kappa shape index (κ3) is 2.42. The molecule has 1 heterocycles. The predicted molar refractivity (Wildman–Crippen MR) is 90.4 cm³/mol. The number of carbonyl (C=O) groups excluding carboxylic acids is 2. The number of rotatable bonds is 3. The van der Waals surface area contributed by atoms with Crippen molar-refractivity contribution < 1.29 is 18.7 Å². The number of hydrogen-bond acceptors (Lipinski definition) is 4. The highest BCUT2D eigenvalue weighted by Gasteiger charge is 2.57. The van der Waals surface area contributed by atoms with Gasteiger partial charge >= 0.3 is 5.97 Å². The molecule has 1 aromatic heterocycles. The zero-order chi connectivity index (χ0) is 17.6. The van der Waals surface area contributed by atoms with Crippen LogP contribution in [0.25, 0.3) is 0 Å². The number of ketones is 1. The normalized spacial score (nSPS) is 33.5. The van der Waals surface area contributed by atoms with Crippen LogP contribution in [0, 0.1) is 30.1 Å². The third-order valence-electron chi connectivity index (χ3n) is 6.59. The first-order valence-corrected chi connectivity index (χ1v) is 9.10. The van der Waals surface area contributed by atoms with Crippen LogP contribution in [0.15, 0.2) is 10.7 Å². The molecule has 0 spiro atoms. The van der Waals surface area contributed by atoms with Gasteiger partial charge in [-0.15, -0.1) is 0 Å². The van der Waals surface area contributed by atoms with E-state index in [4.69, 9.17) is 9.15 Å². The fourth-order valence-electron chi connectivity index (χ4n) is 4.41. The number of ether oxygens (including phenoxy) is 1. The maximum atomic E-state index is 12.6. The van der Waals surface area contributed by atoms with Gasteiger partial charge in [0.25, 0.3) is 0 Å². The zero-order valence-corrected chi connectivity index (χ0v) is 15.3. The Hall–Kier alpha value is -1.58. The van der Waals surface area contributed by atoms with E-state index in [0.717, 1.165) is 29.7 Å². The Morgan fingerprint density at radius 3 is 2.88 bits per heavy atom. The summed E-state index contributed by atoms with van der Waals surface area (Å²) in [5, 5.41) is 0. The molecule has 132 valence electrons. The Labute approximate surface area is 143 Å². The molecule has 5 atom stereocenters. The fraction of sp³-hybridized carbons (Fsp3) is 0.700. The van der Waals surface area contributed by atoms with E-state index in [-0.39, 0.29) is 29.0 Å². The number of esters is 1. The molecule has 0 aromatic carbocycles. The Bertz CT molecular complexity index is 659. The molecular weight excluding hydrogens is 304 g/mol. The topological polar surface area (TPSA) is 56.5 Å². The van der Waals surface area contributed by atoms with Gasteiger partial charge in [0.15, 0.2) is 0 Å². The number of fused-ring (bicyclic) bond motifs is 2. The highest BCUT2D eigenvalue weighted by atomic mass is 16.5. The van der Waals surface area contributed by atoms with Crippen molar-refractivity contribution >= 4 is 11.8 Å². The van der Waals surface area contributed by atoms with E-state index in [1.54, 1.807) is 6.26 Å². The second-order valence-electron chi connectivity index (χ2n) is 7.91. The summed E-state index contributed by atoms with van der Waals surface area (Å²) in [7, 11) is 0. The van der Waals surface area contributed by atoms with Gasteiger partial charge in [-0.2, -0.15) is 0 Å². The lowest BCUT2D eigenvalue weighted by atomic mass is 9.53. The molecule has 0 aliphatic heterocycles. The fourth-order valence-corrected chi connectivity index (χ4v) is 4.41. The van der Waals surface area contributed by atoms with Gasteiger partial charge in [-0.1, -0.05) is 27.7 Å². The van der Waals surface area contributed by atoms with Gasteiger partial charge in [0.2, 0.25) is 0 Å². The Kier molecular flexibility index (Phi) is 4.35. The van der Waals surface area contributed by atoms with Crippen LogP contribution in [-0.2, 0) is 20.7 Å². The van der Waals surface area contributed by atoms with Crippen molar-refractivity contribution in [3.8, 4) is 0 Å². The van der Waals surface area contributed by atoms with Gasteiger partial charge < -0.3 is 9.15 Å². The average molecular weight is 332 g/mol. The summed E-state index contributed by atoms with van der Waals surface area (Å²) in [5.74, 6) is 0.964. The molecule has 0 N–H and O–H groups in total. The van der Waals surface area contributed by atoms with Crippen LogP contribution in [0.3, 0.4) is 0 Å². The van der Waals surface area contributed by atoms with Crippen LogP contribution in [0.5, 0.6) is 0 Å². The highest BCUT2D eigenvalue weighted by molar-refractivity contribution is 5.84. The molecular formula is C20H28O4. The van der Waals surface area contributed by atoms with Crippen molar-refractivity contribution in [2.24, 2.45) is 23.2 Å². The molecule has 4 heteroatoms. The monoisotopic (exact) mass is 332 g/mol. The summed E-state index contributed by atoms with van der Waals surface area (Å²) in [6, 6.07) is 0. The minimum atomic E-state index is -0.397. The van der Waals surface area contributed by atoms with Crippen molar-refractivity contribution in [2.45, 2.75) is 66.4 Å². The van der Waals surface area contributed by atoms with E-state index in [1.807, 2.05) is 20.8 Å². The number of carbonyl (C=O) groups is 2. The number of hydrogen-bond donors (Lipinski definition) is 0. The van der Waals surface area contributed by atoms with E-state index in [9.17, 15) is 9.59 Å². The molecule has 2 aliphatic rings. The maximum absolute atomic E-state index is 12.6. The zero-order valence-electron chi connectivity index (χ0n) is 15.3. The van der Waals surface area contributed by atoms with E-state index in [1.165, 1.54) is 0 Å². The summed E-state index contributed by atoms with van der Waals surface area (Å²) in [5.41, 5.74) is 1.64. The first kappa shape index (κ1) is 17.2. The lowest BCUT2D eigenvalue weighted by Crippen LogP contribution is -2.51. The van der Waals surface area contributed by atoms with Gasteiger partial charge in [0.05, 0.1) is 12.2 Å². The molecule has 1 saturated carbocycles. The average Bonchev–Trinajstić information content (AvgIpc) is 2.93. The summed E-state index contributed by atoms with van der Waals surface area (Å²) >= 11 is 0. The summed E-state index contributed by atoms with van der Waals surface area (Å²) in [4.78, 5) is 25.2. The van der Waals surface area contributed by atoms with Gasteiger partial charge in [0, 0.05) is 29.7 Å². The molecule has 1 fully saturated rings. The minimum Gasteiger partial charge on any atom is -0.469 e. The van der Waals surface area contributed by atoms with Crippen molar-refractivity contribution in [1.82, 2.24) is 0 Å². The van der Waals surface area contributed by atoms with E-state index in [2.05, 4.69) is 13.8 Å². The van der Waals surface area contributed by atoms with Gasteiger partial charge in [-0.25, -0.2) is 0 Å². The molecule has 0 radical (unpaired) electrons. The van der Waals surface area contributed by atoms with Crippen LogP contribution < -0.4 is 0 Å². The van der Waals surface area contributed by atoms with Gasteiger partial charge in [0.1, 0.15) is 17.6 Å². The molecule has 4 nitrogen and oxygen atoms in total. The molecule has 0 saturated heterocycles. The lowest BCUT2D eigenvalue weighted by Gasteiger charge is -2.51. The Balaban J connectivity index is 2.08. The minimum absolute atomic E-state index is 0.131. The molecule has 3 rings (SSSR count). The standard InChI is InChI=1S/C20H28O4/c1-6-11(2)19(22)24-18-17-12(3)10-23-16(17)9-14-15(21)8-7-13(4)20(14,18)5/h10-11,13-14,18H,6-9H2,1-5H3/t11-,13-,14+,18+,20+/m0/s1. The molecule has 1 aromatic rings. The van der Waals surface area contributed by atoms with Crippen molar-refractivity contribution in [3.05, 3.63) is 23.2 Å². The van der Waals surface area contributed by atoms with E-state index >= 15 is 0 Å². The predicted octanol–water partition coefficient (Wildman–Crippen LogP) is 4.40. The van der Waals surface area contributed by atoms with Crippen LogP contribution in [-0.4, -0.2) is 11.8 Å². The third-order valence-corrected chi connectivity index (χ3v) is 6.59. The SMILES string of the molecule is CC[C@H](C)C(=O)O[C@@H]1c2c(C)coc2C[C@@H]2C(=O)CC[C@H](C)[C@]21C. The quantitative estimate of drug-likeness (QED) is 0.770. The van der Waals surface area contributed by atoms with E-state index < -0.39 is 6.10 Å². The van der Waals surface area contributed by atoms with Crippen LogP contribution in [0.2, 0.25) is 0 Å². The molecule has 2 aliphatic carbocycles. The Morgan fingerprint density at radius 2 is 2.21 bits per heavy atom. The van der Waals surface area contributed by atoms with Crippen molar-refractivity contribution in [1.29, 1.82) is 0 Å². The Morgan fingerprint density at radius 1 is 1.50 bits per heavy atom. The van der Waals surface area contributed by atoms with Crippen LogP contribution >= 0.6 is 0 Å². The first-order chi connectivity index (χ1) is 11.3. The summed E-state index contributed by atoms with van der Waals surface area (Å²) < 4.78 is 11.8. The number of Topliss-reactive ketones (excluding diaryl/α,β-unsaturated/α-hetero) is 1. The summed E-state index contributed by atoms with van der Waals surface area (Å²) in [6.45, 7) is 10.2. The van der Waals surface area contributed by atoms with Crippen LogP contribution in [0.4, 0.5) is 0 Å². The smallest absolute Gasteiger partial charge is 0.309 e. The first-order valence-electron chi connectivity index (χ1n) is 9.10. The molecule has 0 amide bonds. The highest BCUT2D eigenvalue weighted by Crippen LogP contribution is 2.58. The lowest BCUT2D eigenvalue weighted by molar-refractivity contribution is -0.176. The second kappa shape index (κ2) is 6.05. The van der Waals surface area contributed by atoms with Crippen LogP contribution in [0.1, 0.15) is 69.9 Å². The largest absolute Gasteiger partial charge is 0.469 e. The van der Waals surface area contributed by atoms with Gasteiger partial charge in [-0.3, -0.25) is 9.59 Å². The van der Waals surface area contributed by atoms with E-state index in [0.29, 0.717) is 18.8 Å². The van der Waals surface area contributed by atoms with Crippen molar-refractivity contribution in [3.63, 3.8) is 0 Å². The number of aryl methyl sites for hydroxylation is 1. The maximum Gasteiger partial charge on any atom is 0.309 e. The molecule has 0 unspecified atom stereocenters. The molecule has 24 heavy (non-hydrogen) atoms. The second-order valence-corrected chi connectivity index (χ2v) is 7.91.